The monoisotopic (exact) mass is 460 g/mol. The van der Waals surface area contributed by atoms with Crippen LogP contribution >= 0.6 is 0 Å². The average molecular weight is 461 g/mol. The molecule has 34 heavy (non-hydrogen) atoms. The summed E-state index contributed by atoms with van der Waals surface area (Å²) in [4.78, 5) is 30.5. The van der Waals surface area contributed by atoms with Crippen LogP contribution in [0.1, 0.15) is 25.3 Å². The lowest BCUT2D eigenvalue weighted by molar-refractivity contribution is 0.474. The van der Waals surface area contributed by atoms with Gasteiger partial charge in [0.1, 0.15) is 11.5 Å². The number of hydrogen-bond acceptors (Lipinski definition) is 6. The smallest absolute Gasteiger partial charge is 0.355 e. The number of aromatic hydroxyl groups is 2. The van der Waals surface area contributed by atoms with Gasteiger partial charge in [0.25, 0.3) is 0 Å². The molecule has 0 aliphatic carbocycles. The second kappa shape index (κ2) is 11.5. The van der Waals surface area contributed by atoms with E-state index >= 15 is 0 Å². The Labute approximate surface area is 197 Å². The maximum Gasteiger partial charge on any atom is 0.355 e. The predicted octanol–water partition coefficient (Wildman–Crippen LogP) is 4.08. The molecular formula is C26H28N4O4. The van der Waals surface area contributed by atoms with E-state index in [-0.39, 0.29) is 30.5 Å². The molecule has 0 aliphatic rings. The van der Waals surface area contributed by atoms with E-state index in [4.69, 9.17) is 0 Å². The third kappa shape index (κ3) is 6.35. The van der Waals surface area contributed by atoms with Crippen LogP contribution in [-0.4, -0.2) is 24.3 Å². The topological polar surface area (TPSA) is 109 Å². The lowest BCUT2D eigenvalue weighted by Crippen LogP contribution is -2.43. The van der Waals surface area contributed by atoms with Crippen molar-refractivity contribution in [3.05, 3.63) is 112 Å². The van der Waals surface area contributed by atoms with E-state index < -0.39 is 11.4 Å². The normalized spacial score (nSPS) is 11.6. The summed E-state index contributed by atoms with van der Waals surface area (Å²) in [5.41, 5.74) is 0.928. The molecule has 176 valence electrons. The largest absolute Gasteiger partial charge is 0.508 e. The van der Waals surface area contributed by atoms with Crippen LogP contribution in [0, 0.1) is 0 Å². The Bertz CT molecular complexity index is 1300. The number of phenols is 2. The summed E-state index contributed by atoms with van der Waals surface area (Å²) in [7, 11) is 0. The van der Waals surface area contributed by atoms with Crippen molar-refractivity contribution >= 4 is 11.6 Å². The van der Waals surface area contributed by atoms with Crippen molar-refractivity contribution in [1.29, 1.82) is 0 Å². The van der Waals surface area contributed by atoms with Crippen LogP contribution in [0.4, 0.5) is 11.6 Å². The Morgan fingerprint density at radius 2 is 1.68 bits per heavy atom. The average Bonchev–Trinajstić information content (AvgIpc) is 2.82. The third-order valence-electron chi connectivity index (χ3n) is 4.99. The summed E-state index contributed by atoms with van der Waals surface area (Å²) in [6.45, 7) is 5.89. The van der Waals surface area contributed by atoms with Crippen molar-refractivity contribution in [2.45, 2.75) is 32.9 Å². The Hall–Kier alpha value is -4.33. The Morgan fingerprint density at radius 3 is 2.29 bits per heavy atom. The number of aromatic nitrogens is 3. The summed E-state index contributed by atoms with van der Waals surface area (Å²) >= 11 is 0. The van der Waals surface area contributed by atoms with Crippen molar-refractivity contribution in [3.63, 3.8) is 0 Å². The molecule has 2 aromatic carbocycles. The van der Waals surface area contributed by atoms with Crippen molar-refractivity contribution in [2.75, 3.05) is 5.32 Å². The molecule has 8 nitrogen and oxygen atoms in total. The number of rotatable bonds is 10. The number of nitrogens with zero attached hydrogens (tertiary/aromatic N) is 3. The first kappa shape index (κ1) is 24.3. The lowest BCUT2D eigenvalue weighted by Gasteiger charge is -2.16. The Morgan fingerprint density at radius 1 is 1.03 bits per heavy atom. The minimum absolute atomic E-state index is 0.0771. The first-order valence-corrected chi connectivity index (χ1v) is 10.9. The molecule has 0 atom stereocenters. The van der Waals surface area contributed by atoms with Gasteiger partial charge in [0, 0.05) is 5.69 Å². The minimum atomic E-state index is -0.674. The second-order valence-electron chi connectivity index (χ2n) is 7.63. The first-order chi connectivity index (χ1) is 16.4. The molecule has 0 fully saturated rings. The van der Waals surface area contributed by atoms with Gasteiger partial charge in [0.05, 0.1) is 13.1 Å². The van der Waals surface area contributed by atoms with Gasteiger partial charge in [-0.15, -0.1) is 6.58 Å². The molecule has 1 aromatic heterocycles. The maximum absolute atomic E-state index is 13.5. The molecule has 8 heteroatoms. The van der Waals surface area contributed by atoms with Crippen LogP contribution in [0.5, 0.6) is 11.5 Å². The predicted molar refractivity (Wildman–Crippen MR) is 134 cm³/mol. The molecule has 3 N–H and O–H groups in total. The van der Waals surface area contributed by atoms with E-state index in [2.05, 4.69) is 16.9 Å². The van der Waals surface area contributed by atoms with Gasteiger partial charge in [-0.2, -0.15) is 4.98 Å². The third-order valence-corrected chi connectivity index (χ3v) is 4.99. The van der Waals surface area contributed by atoms with Gasteiger partial charge in [-0.3, -0.25) is 4.57 Å². The van der Waals surface area contributed by atoms with Gasteiger partial charge in [-0.1, -0.05) is 43.4 Å². The van der Waals surface area contributed by atoms with Crippen molar-refractivity contribution < 1.29 is 10.2 Å². The van der Waals surface area contributed by atoms with Gasteiger partial charge in [0.15, 0.2) is 0 Å². The Kier molecular flexibility index (Phi) is 8.23. The van der Waals surface area contributed by atoms with Crippen LogP contribution in [0.15, 0.2) is 94.6 Å². The lowest BCUT2D eigenvalue weighted by atomic mass is 10.2. The van der Waals surface area contributed by atoms with Crippen molar-refractivity contribution in [3.8, 4) is 11.5 Å². The highest BCUT2D eigenvalue weighted by atomic mass is 16.3. The van der Waals surface area contributed by atoms with Gasteiger partial charge >= 0.3 is 11.4 Å². The fourth-order valence-corrected chi connectivity index (χ4v) is 3.31. The molecule has 0 spiro atoms. The SMILES string of the molecule is C=CC/C=C\C(=C/CC)Cn1c(=O)nc(Nc2ccc(O)cc2)n(Cc2ccc(O)cc2)c1=O. The van der Waals surface area contributed by atoms with Gasteiger partial charge in [-0.05, 0) is 60.4 Å². The number of benzene rings is 2. The summed E-state index contributed by atoms with van der Waals surface area (Å²) in [5, 5.41) is 22.1. The quantitative estimate of drug-likeness (QED) is 0.239. The molecular weight excluding hydrogens is 432 g/mol. The molecule has 0 aliphatic heterocycles. The van der Waals surface area contributed by atoms with Crippen LogP contribution in [-0.2, 0) is 13.1 Å². The van der Waals surface area contributed by atoms with Crippen LogP contribution < -0.4 is 16.7 Å². The van der Waals surface area contributed by atoms with E-state index in [9.17, 15) is 19.8 Å². The minimum Gasteiger partial charge on any atom is -0.508 e. The summed E-state index contributed by atoms with van der Waals surface area (Å²) < 4.78 is 2.47. The fraction of sp³-hybridized carbons (Fsp3) is 0.192. The van der Waals surface area contributed by atoms with Crippen LogP contribution in [0.2, 0.25) is 0 Å². The molecule has 0 radical (unpaired) electrons. The number of phenolic OH excluding ortho intramolecular Hbond substituents is 2. The molecule has 0 unspecified atom stereocenters. The molecule has 0 bridgehead atoms. The fourth-order valence-electron chi connectivity index (χ4n) is 3.31. The summed E-state index contributed by atoms with van der Waals surface area (Å²) in [5.74, 6) is 0.283. The standard InChI is InChI=1S/C26H28N4O4/c1-3-5-6-8-19(7-4-2)18-30-25(33)28-24(27-21-11-15-23(32)16-12-21)29(26(30)34)17-20-9-13-22(31)14-10-20/h3,6-16,31-32H,1,4-5,17-18H2,2H3,(H,27,28,33)/b8-6-,19-7+. The summed E-state index contributed by atoms with van der Waals surface area (Å²) in [6, 6.07) is 12.7. The zero-order chi connectivity index (χ0) is 24.5. The summed E-state index contributed by atoms with van der Waals surface area (Å²) in [6.07, 6.45) is 8.94. The van der Waals surface area contributed by atoms with Gasteiger partial charge in [0.2, 0.25) is 5.95 Å². The Balaban J connectivity index is 2.07. The highest BCUT2D eigenvalue weighted by molar-refractivity contribution is 5.54. The highest BCUT2D eigenvalue weighted by Crippen LogP contribution is 2.18. The first-order valence-electron chi connectivity index (χ1n) is 10.9. The van der Waals surface area contributed by atoms with Crippen molar-refractivity contribution in [1.82, 2.24) is 14.1 Å². The zero-order valence-corrected chi connectivity index (χ0v) is 19.0. The zero-order valence-electron chi connectivity index (χ0n) is 19.0. The molecule has 0 amide bonds. The number of allylic oxidation sites excluding steroid dienone is 5. The van der Waals surface area contributed by atoms with Crippen LogP contribution in [0.25, 0.3) is 0 Å². The van der Waals surface area contributed by atoms with E-state index in [1.165, 1.54) is 28.8 Å². The van der Waals surface area contributed by atoms with E-state index in [1.807, 2.05) is 25.2 Å². The van der Waals surface area contributed by atoms with Crippen molar-refractivity contribution in [2.24, 2.45) is 0 Å². The van der Waals surface area contributed by atoms with Gasteiger partial charge in [-0.25, -0.2) is 14.2 Å². The van der Waals surface area contributed by atoms with E-state index in [0.29, 0.717) is 12.1 Å². The molecule has 0 saturated heterocycles. The van der Waals surface area contributed by atoms with E-state index in [0.717, 1.165) is 22.1 Å². The second-order valence-corrected chi connectivity index (χ2v) is 7.63. The van der Waals surface area contributed by atoms with E-state index in [1.54, 1.807) is 30.3 Å². The molecule has 1 heterocycles. The maximum atomic E-state index is 13.5. The number of nitrogens with one attached hydrogen (secondary N) is 1. The number of anilines is 2. The molecule has 0 saturated carbocycles. The molecule has 3 aromatic rings. The van der Waals surface area contributed by atoms with Crippen LogP contribution in [0.3, 0.4) is 0 Å². The van der Waals surface area contributed by atoms with Gasteiger partial charge < -0.3 is 15.5 Å². The molecule has 3 rings (SSSR count). The highest BCUT2D eigenvalue weighted by Gasteiger charge is 2.15. The number of hydrogen-bond donors (Lipinski definition) is 3.